The van der Waals surface area contributed by atoms with Gasteiger partial charge in [-0.3, -0.25) is 0 Å². The minimum absolute atomic E-state index is 0.0694. The number of rotatable bonds is 4. The van der Waals surface area contributed by atoms with Crippen LogP contribution in [0.1, 0.15) is 12.5 Å². The van der Waals surface area contributed by atoms with Crippen molar-refractivity contribution in [2.24, 2.45) is 0 Å². The highest BCUT2D eigenvalue weighted by molar-refractivity contribution is 6.31. The van der Waals surface area contributed by atoms with Crippen LogP contribution in [0.4, 0.5) is 0 Å². The van der Waals surface area contributed by atoms with E-state index in [-0.39, 0.29) is 6.04 Å². The molecule has 0 amide bonds. The van der Waals surface area contributed by atoms with Crippen LogP contribution < -0.4 is 5.32 Å². The Balaban J connectivity index is 2.68. The van der Waals surface area contributed by atoms with Crippen molar-refractivity contribution in [3.8, 4) is 12.3 Å². The molecule has 1 N–H and O–H groups in total. The second-order valence-electron chi connectivity index (χ2n) is 3.07. The standard InChI is InChI=1S/C12H14ClN/c1-3-11(14-4-2)9-10-7-5-6-8-12(10)13/h1,5-8,11,14H,4,9H2,2H3. The van der Waals surface area contributed by atoms with Crippen LogP contribution in [0.15, 0.2) is 24.3 Å². The first-order valence-corrected chi connectivity index (χ1v) is 5.08. The lowest BCUT2D eigenvalue weighted by Crippen LogP contribution is -2.29. The van der Waals surface area contributed by atoms with Gasteiger partial charge in [0.05, 0.1) is 6.04 Å². The topological polar surface area (TPSA) is 12.0 Å². The molecule has 74 valence electrons. The maximum atomic E-state index is 6.03. The lowest BCUT2D eigenvalue weighted by atomic mass is 10.1. The molecule has 1 unspecified atom stereocenters. The van der Waals surface area contributed by atoms with E-state index in [4.69, 9.17) is 18.0 Å². The molecule has 14 heavy (non-hydrogen) atoms. The molecule has 0 radical (unpaired) electrons. The number of hydrogen-bond donors (Lipinski definition) is 1. The summed E-state index contributed by atoms with van der Waals surface area (Å²) in [5, 5.41) is 4.00. The van der Waals surface area contributed by atoms with E-state index in [0.29, 0.717) is 0 Å². The highest BCUT2D eigenvalue weighted by atomic mass is 35.5. The molecule has 1 rings (SSSR count). The van der Waals surface area contributed by atoms with Gasteiger partial charge in [-0.05, 0) is 18.2 Å². The third-order valence-corrected chi connectivity index (χ3v) is 2.40. The molecule has 1 nitrogen and oxygen atoms in total. The Hall–Kier alpha value is -0.970. The number of halogens is 1. The number of terminal acetylenes is 1. The first kappa shape index (κ1) is 11.1. The number of likely N-dealkylation sites (N-methyl/N-ethyl adjacent to an activating group) is 1. The number of hydrogen-bond acceptors (Lipinski definition) is 1. The summed E-state index contributed by atoms with van der Waals surface area (Å²) in [6.07, 6.45) is 6.18. The van der Waals surface area contributed by atoms with Gasteiger partial charge in [-0.25, -0.2) is 0 Å². The minimum Gasteiger partial charge on any atom is -0.304 e. The third kappa shape index (κ3) is 3.06. The van der Waals surface area contributed by atoms with Crippen LogP contribution in [0, 0.1) is 12.3 Å². The fourth-order valence-electron chi connectivity index (χ4n) is 1.32. The van der Waals surface area contributed by atoms with Crippen molar-refractivity contribution < 1.29 is 0 Å². The first-order valence-electron chi connectivity index (χ1n) is 4.70. The maximum absolute atomic E-state index is 6.03. The zero-order chi connectivity index (χ0) is 10.4. The predicted molar refractivity (Wildman–Crippen MR) is 61.5 cm³/mol. The molecule has 0 spiro atoms. The molecule has 0 saturated carbocycles. The Morgan fingerprint density at radius 2 is 2.21 bits per heavy atom. The molecule has 0 saturated heterocycles. The largest absolute Gasteiger partial charge is 0.304 e. The molecule has 0 aliphatic rings. The lowest BCUT2D eigenvalue weighted by Gasteiger charge is -2.12. The molecule has 2 heteroatoms. The molecule has 0 aliphatic carbocycles. The fraction of sp³-hybridized carbons (Fsp3) is 0.333. The van der Waals surface area contributed by atoms with Gasteiger partial charge < -0.3 is 5.32 Å². The SMILES string of the molecule is C#CC(Cc1ccccc1Cl)NCC. The molecule has 0 aromatic heterocycles. The molecule has 1 aromatic carbocycles. The minimum atomic E-state index is 0.0694. The molecular formula is C12H14ClN. The van der Waals surface area contributed by atoms with Gasteiger partial charge in [0.15, 0.2) is 0 Å². The average molecular weight is 208 g/mol. The molecular weight excluding hydrogens is 194 g/mol. The number of benzene rings is 1. The summed E-state index contributed by atoms with van der Waals surface area (Å²) >= 11 is 6.03. The van der Waals surface area contributed by atoms with E-state index in [2.05, 4.69) is 11.2 Å². The van der Waals surface area contributed by atoms with Crippen LogP contribution in [0.5, 0.6) is 0 Å². The first-order chi connectivity index (χ1) is 6.77. The Morgan fingerprint density at radius 1 is 1.50 bits per heavy atom. The maximum Gasteiger partial charge on any atom is 0.0728 e. The number of nitrogens with one attached hydrogen (secondary N) is 1. The van der Waals surface area contributed by atoms with Crippen molar-refractivity contribution in [2.75, 3.05) is 6.54 Å². The van der Waals surface area contributed by atoms with Crippen molar-refractivity contribution in [1.29, 1.82) is 0 Å². The van der Waals surface area contributed by atoms with Crippen LogP contribution in [-0.4, -0.2) is 12.6 Å². The molecule has 0 heterocycles. The molecule has 1 aromatic rings. The molecule has 0 fully saturated rings. The normalized spacial score (nSPS) is 12.1. The van der Waals surface area contributed by atoms with Crippen molar-refractivity contribution in [1.82, 2.24) is 5.32 Å². The monoisotopic (exact) mass is 207 g/mol. The quantitative estimate of drug-likeness (QED) is 0.749. The van der Waals surface area contributed by atoms with Crippen molar-refractivity contribution in [3.63, 3.8) is 0 Å². The van der Waals surface area contributed by atoms with E-state index in [1.54, 1.807) is 0 Å². The fourth-order valence-corrected chi connectivity index (χ4v) is 1.53. The van der Waals surface area contributed by atoms with E-state index in [0.717, 1.165) is 23.6 Å². The van der Waals surface area contributed by atoms with E-state index in [9.17, 15) is 0 Å². The van der Waals surface area contributed by atoms with Gasteiger partial charge in [-0.1, -0.05) is 42.6 Å². The third-order valence-electron chi connectivity index (χ3n) is 2.03. The van der Waals surface area contributed by atoms with Crippen molar-refractivity contribution in [2.45, 2.75) is 19.4 Å². The predicted octanol–water partition coefficient (Wildman–Crippen LogP) is 2.49. The summed E-state index contributed by atoms with van der Waals surface area (Å²) in [4.78, 5) is 0. The Labute approximate surface area is 90.5 Å². The van der Waals surface area contributed by atoms with Gasteiger partial charge in [0, 0.05) is 11.4 Å². The van der Waals surface area contributed by atoms with Crippen LogP contribution in [0.3, 0.4) is 0 Å². The van der Waals surface area contributed by atoms with Gasteiger partial charge in [0.1, 0.15) is 0 Å². The second kappa shape index (κ2) is 5.70. The average Bonchev–Trinajstić information content (AvgIpc) is 2.20. The Morgan fingerprint density at radius 3 is 2.79 bits per heavy atom. The highest BCUT2D eigenvalue weighted by Crippen LogP contribution is 2.16. The van der Waals surface area contributed by atoms with Gasteiger partial charge in [0.2, 0.25) is 0 Å². The molecule has 0 bridgehead atoms. The molecule has 0 aliphatic heterocycles. The van der Waals surface area contributed by atoms with Gasteiger partial charge in [-0.15, -0.1) is 6.42 Å². The summed E-state index contributed by atoms with van der Waals surface area (Å²) in [5.41, 5.74) is 1.10. The Bertz CT molecular complexity index is 327. The van der Waals surface area contributed by atoms with Gasteiger partial charge in [0.25, 0.3) is 0 Å². The van der Waals surface area contributed by atoms with Crippen LogP contribution in [0.25, 0.3) is 0 Å². The van der Waals surface area contributed by atoms with Gasteiger partial charge >= 0.3 is 0 Å². The van der Waals surface area contributed by atoms with E-state index in [1.165, 1.54) is 0 Å². The van der Waals surface area contributed by atoms with E-state index >= 15 is 0 Å². The van der Waals surface area contributed by atoms with Crippen LogP contribution in [-0.2, 0) is 6.42 Å². The molecule has 1 atom stereocenters. The second-order valence-corrected chi connectivity index (χ2v) is 3.48. The van der Waals surface area contributed by atoms with E-state index in [1.807, 2.05) is 31.2 Å². The zero-order valence-corrected chi connectivity index (χ0v) is 9.01. The van der Waals surface area contributed by atoms with Crippen LogP contribution >= 0.6 is 11.6 Å². The summed E-state index contributed by atoms with van der Waals surface area (Å²) in [5.74, 6) is 2.71. The van der Waals surface area contributed by atoms with Crippen LogP contribution in [0.2, 0.25) is 5.02 Å². The van der Waals surface area contributed by atoms with E-state index < -0.39 is 0 Å². The summed E-state index contributed by atoms with van der Waals surface area (Å²) < 4.78 is 0. The summed E-state index contributed by atoms with van der Waals surface area (Å²) in [6, 6.07) is 7.85. The summed E-state index contributed by atoms with van der Waals surface area (Å²) in [6.45, 7) is 2.91. The van der Waals surface area contributed by atoms with Gasteiger partial charge in [-0.2, -0.15) is 0 Å². The van der Waals surface area contributed by atoms with Crippen molar-refractivity contribution in [3.05, 3.63) is 34.9 Å². The smallest absolute Gasteiger partial charge is 0.0728 e. The zero-order valence-electron chi connectivity index (χ0n) is 8.26. The Kier molecular flexibility index (Phi) is 4.52. The summed E-state index contributed by atoms with van der Waals surface area (Å²) in [7, 11) is 0. The van der Waals surface area contributed by atoms with Crippen molar-refractivity contribution >= 4 is 11.6 Å². The highest BCUT2D eigenvalue weighted by Gasteiger charge is 2.06. The lowest BCUT2D eigenvalue weighted by molar-refractivity contribution is 0.628.